The van der Waals surface area contributed by atoms with E-state index in [1.54, 1.807) is 11.8 Å². The highest BCUT2D eigenvalue weighted by Crippen LogP contribution is 2.42. The predicted molar refractivity (Wildman–Crippen MR) is 119 cm³/mol. The van der Waals surface area contributed by atoms with E-state index in [0.717, 1.165) is 48.8 Å². The van der Waals surface area contributed by atoms with Crippen molar-refractivity contribution < 1.29 is 4.79 Å². The van der Waals surface area contributed by atoms with E-state index in [0.29, 0.717) is 12.1 Å². The largest absolute Gasteiger partial charge is 0.352 e. The molecule has 0 unspecified atom stereocenters. The van der Waals surface area contributed by atoms with Gasteiger partial charge >= 0.3 is 0 Å². The molecule has 28 heavy (non-hydrogen) atoms. The van der Waals surface area contributed by atoms with Gasteiger partial charge in [0.2, 0.25) is 0 Å². The van der Waals surface area contributed by atoms with Gasteiger partial charge in [-0.2, -0.15) is 0 Å². The number of carbonyl (C=O) groups excluding carboxylic acids is 1. The van der Waals surface area contributed by atoms with Gasteiger partial charge in [0, 0.05) is 27.5 Å². The van der Waals surface area contributed by atoms with Crippen LogP contribution in [0.1, 0.15) is 40.6 Å². The van der Waals surface area contributed by atoms with Crippen LogP contribution in [-0.4, -0.2) is 18.2 Å². The quantitative estimate of drug-likeness (QED) is 0.367. The Bertz CT molecular complexity index is 1060. The van der Waals surface area contributed by atoms with Gasteiger partial charge in [-0.25, -0.2) is 4.99 Å². The molecule has 4 rings (SSSR count). The van der Waals surface area contributed by atoms with Crippen LogP contribution in [0.4, 0.5) is 5.69 Å². The van der Waals surface area contributed by atoms with Crippen LogP contribution in [0.2, 0.25) is 4.34 Å². The highest BCUT2D eigenvalue weighted by molar-refractivity contribution is 7.99. The Labute approximate surface area is 177 Å². The molecule has 142 valence electrons. The van der Waals surface area contributed by atoms with Crippen LogP contribution in [-0.2, 0) is 0 Å². The first-order chi connectivity index (χ1) is 13.7. The molecule has 0 saturated heterocycles. The van der Waals surface area contributed by atoms with E-state index < -0.39 is 0 Å². The summed E-state index contributed by atoms with van der Waals surface area (Å²) in [7, 11) is 0. The molecule has 2 heterocycles. The number of nitrogens with zero attached hydrogens (tertiary/aromatic N) is 1. The average Bonchev–Trinajstić information content (AvgIpc) is 3.06. The lowest BCUT2D eigenvalue weighted by molar-refractivity contribution is 0.0953. The molecule has 2 aromatic carbocycles. The second-order valence-corrected chi connectivity index (χ2v) is 9.25. The molecule has 0 spiro atoms. The topological polar surface area (TPSA) is 41.5 Å². The second-order valence-electron chi connectivity index (χ2n) is 6.45. The van der Waals surface area contributed by atoms with Crippen LogP contribution in [0, 0.1) is 0 Å². The number of hydrogen-bond acceptors (Lipinski definition) is 4. The fourth-order valence-corrected chi connectivity index (χ4v) is 5.04. The zero-order valence-electron chi connectivity index (χ0n) is 15.4. The summed E-state index contributed by atoms with van der Waals surface area (Å²) in [6, 6.07) is 17.9. The summed E-state index contributed by atoms with van der Waals surface area (Å²) in [5, 5.41) is 2.98. The summed E-state index contributed by atoms with van der Waals surface area (Å²) < 4.78 is 0.733. The van der Waals surface area contributed by atoms with Crippen LogP contribution >= 0.6 is 34.7 Å². The lowest BCUT2D eigenvalue weighted by Gasteiger charge is -2.08. The molecule has 3 nitrogen and oxygen atoms in total. The number of carbonyl (C=O) groups is 1. The van der Waals surface area contributed by atoms with E-state index in [1.807, 2.05) is 42.5 Å². The number of rotatable bonds is 5. The van der Waals surface area contributed by atoms with E-state index in [1.165, 1.54) is 11.3 Å². The number of unbranched alkanes of at least 4 members (excludes halogenated alkanes) is 1. The van der Waals surface area contributed by atoms with Crippen molar-refractivity contribution in [2.75, 3.05) is 6.54 Å². The molecule has 6 heteroatoms. The minimum absolute atomic E-state index is 0.0565. The van der Waals surface area contributed by atoms with Crippen LogP contribution in [0.25, 0.3) is 0 Å². The summed E-state index contributed by atoms with van der Waals surface area (Å²) >= 11 is 9.37. The highest BCUT2D eigenvalue weighted by Gasteiger charge is 2.20. The van der Waals surface area contributed by atoms with Gasteiger partial charge in [0.15, 0.2) is 0 Å². The first kappa shape index (κ1) is 19.2. The van der Waals surface area contributed by atoms with Crippen molar-refractivity contribution in [3.63, 3.8) is 0 Å². The van der Waals surface area contributed by atoms with E-state index in [4.69, 9.17) is 16.6 Å². The molecule has 0 atom stereocenters. The summed E-state index contributed by atoms with van der Waals surface area (Å²) in [5.41, 5.74) is 3.41. The Hall–Kier alpha value is -2.08. The van der Waals surface area contributed by atoms with Gasteiger partial charge in [0.1, 0.15) is 0 Å². The van der Waals surface area contributed by atoms with Crippen LogP contribution in [0.5, 0.6) is 0 Å². The molecule has 0 saturated carbocycles. The molecular weight excluding hydrogens is 408 g/mol. The Morgan fingerprint density at radius 1 is 1.11 bits per heavy atom. The summed E-state index contributed by atoms with van der Waals surface area (Å²) in [4.78, 5) is 20.7. The fraction of sp³-hybridized carbons (Fsp3) is 0.182. The maximum absolute atomic E-state index is 12.5. The first-order valence-electron chi connectivity index (χ1n) is 9.19. The van der Waals surface area contributed by atoms with Crippen molar-refractivity contribution in [2.45, 2.75) is 29.6 Å². The summed E-state index contributed by atoms with van der Waals surface area (Å²) in [5.74, 6) is -0.0565. The summed E-state index contributed by atoms with van der Waals surface area (Å²) in [6.45, 7) is 2.80. The van der Waals surface area contributed by atoms with Gasteiger partial charge in [-0.3, -0.25) is 4.79 Å². The third-order valence-corrected chi connectivity index (χ3v) is 6.82. The highest BCUT2D eigenvalue weighted by atomic mass is 35.5. The molecule has 0 bridgehead atoms. The molecule has 1 amide bonds. The van der Waals surface area contributed by atoms with Crippen LogP contribution in [0.3, 0.4) is 0 Å². The SMILES string of the molecule is CCCCNC(=O)c1ccc2c(c1)N=C(c1ccc(Cl)s1)c1ccccc1S2. The summed E-state index contributed by atoms with van der Waals surface area (Å²) in [6.07, 6.45) is 2.03. The van der Waals surface area contributed by atoms with Crippen LogP contribution < -0.4 is 5.32 Å². The number of fused-ring (bicyclic) bond motifs is 2. The van der Waals surface area contributed by atoms with Crippen molar-refractivity contribution >= 4 is 52.0 Å². The number of aliphatic imine (C=N–C) groups is 1. The maximum atomic E-state index is 12.5. The van der Waals surface area contributed by atoms with Gasteiger partial charge in [-0.05, 0) is 42.8 Å². The van der Waals surface area contributed by atoms with Gasteiger partial charge in [-0.15, -0.1) is 11.3 Å². The molecule has 0 radical (unpaired) electrons. The van der Waals surface area contributed by atoms with E-state index in [9.17, 15) is 4.79 Å². The molecule has 1 N–H and O–H groups in total. The van der Waals surface area contributed by atoms with Gasteiger partial charge in [0.25, 0.3) is 5.91 Å². The lowest BCUT2D eigenvalue weighted by Crippen LogP contribution is -2.24. The first-order valence-corrected chi connectivity index (χ1v) is 11.2. The Balaban J connectivity index is 1.77. The standard InChI is InChI=1S/C22H19ClN2OS2/c1-2-3-12-24-22(26)14-8-9-18-16(13-14)25-21(19-10-11-20(23)28-19)15-6-4-5-7-17(15)27-18/h4-11,13H,2-3,12H2,1H3,(H,24,26). The minimum Gasteiger partial charge on any atom is -0.352 e. The molecule has 3 aromatic rings. The van der Waals surface area contributed by atoms with E-state index in [2.05, 4.69) is 24.4 Å². The van der Waals surface area contributed by atoms with Gasteiger partial charge < -0.3 is 5.32 Å². The number of hydrogen-bond donors (Lipinski definition) is 1. The second kappa shape index (κ2) is 8.52. The average molecular weight is 427 g/mol. The predicted octanol–water partition coefficient (Wildman–Crippen LogP) is 6.57. The molecule has 0 fully saturated rings. The molecular formula is C22H19ClN2OS2. The van der Waals surface area contributed by atoms with Crippen molar-refractivity contribution in [1.29, 1.82) is 0 Å². The van der Waals surface area contributed by atoms with Gasteiger partial charge in [0.05, 0.1) is 20.6 Å². The van der Waals surface area contributed by atoms with Crippen molar-refractivity contribution in [3.05, 3.63) is 74.9 Å². The van der Waals surface area contributed by atoms with Gasteiger partial charge in [-0.1, -0.05) is 54.9 Å². The molecule has 0 aliphatic carbocycles. The van der Waals surface area contributed by atoms with Crippen molar-refractivity contribution in [1.82, 2.24) is 5.32 Å². The third kappa shape index (κ3) is 4.02. The van der Waals surface area contributed by atoms with E-state index >= 15 is 0 Å². The molecule has 1 aromatic heterocycles. The third-order valence-electron chi connectivity index (χ3n) is 4.44. The van der Waals surface area contributed by atoms with Crippen LogP contribution in [0.15, 0.2) is 69.4 Å². The number of halogens is 1. The van der Waals surface area contributed by atoms with E-state index in [-0.39, 0.29) is 5.91 Å². The monoisotopic (exact) mass is 426 g/mol. The fourth-order valence-electron chi connectivity index (χ4n) is 2.99. The molecule has 1 aliphatic heterocycles. The normalized spacial score (nSPS) is 12.6. The number of benzene rings is 2. The Morgan fingerprint density at radius 2 is 1.96 bits per heavy atom. The number of nitrogens with one attached hydrogen (secondary N) is 1. The smallest absolute Gasteiger partial charge is 0.251 e. The number of thiophene rings is 1. The lowest BCUT2D eigenvalue weighted by atomic mass is 10.1. The zero-order chi connectivity index (χ0) is 19.5. The Morgan fingerprint density at radius 3 is 2.75 bits per heavy atom. The number of amides is 1. The molecule has 1 aliphatic rings. The minimum atomic E-state index is -0.0565. The zero-order valence-corrected chi connectivity index (χ0v) is 17.8. The Kier molecular flexibility index (Phi) is 5.85. The maximum Gasteiger partial charge on any atom is 0.251 e. The van der Waals surface area contributed by atoms with Crippen molar-refractivity contribution in [2.24, 2.45) is 4.99 Å². The van der Waals surface area contributed by atoms with Crippen molar-refractivity contribution in [3.8, 4) is 0 Å².